The molecule has 1 heterocycles. The van der Waals surface area contributed by atoms with E-state index in [-0.39, 0.29) is 16.9 Å². The summed E-state index contributed by atoms with van der Waals surface area (Å²) in [4.78, 5) is 0. The van der Waals surface area contributed by atoms with Crippen molar-refractivity contribution in [2.24, 2.45) is 0 Å². The molecule has 1 aromatic carbocycles. The molecule has 1 atom stereocenters. The summed E-state index contributed by atoms with van der Waals surface area (Å²) in [7, 11) is 1.86. The quantitative estimate of drug-likeness (QED) is 0.880. The van der Waals surface area contributed by atoms with E-state index < -0.39 is 0 Å². The Morgan fingerprint density at radius 3 is 2.76 bits per heavy atom. The van der Waals surface area contributed by atoms with E-state index in [1.54, 1.807) is 6.07 Å². The minimum Gasteiger partial charge on any atom is -0.313 e. The maximum atomic E-state index is 13.6. The third kappa shape index (κ3) is 3.44. The van der Waals surface area contributed by atoms with Gasteiger partial charge < -0.3 is 5.32 Å². The third-order valence-electron chi connectivity index (χ3n) is 3.69. The first-order valence-electron chi connectivity index (χ1n) is 7.27. The second-order valence-electron chi connectivity index (χ2n) is 4.98. The van der Waals surface area contributed by atoms with Crippen LogP contribution in [-0.4, -0.2) is 16.8 Å². The molecule has 21 heavy (non-hydrogen) atoms. The van der Waals surface area contributed by atoms with Crippen molar-refractivity contribution in [1.82, 2.24) is 15.1 Å². The SMILES string of the molecule is CCc1cc(CC(NC)c2cccc(F)c2Cl)n(CC)n1. The van der Waals surface area contributed by atoms with Crippen LogP contribution in [0.4, 0.5) is 4.39 Å². The highest BCUT2D eigenvalue weighted by atomic mass is 35.5. The van der Waals surface area contributed by atoms with E-state index in [0.29, 0.717) is 0 Å². The Morgan fingerprint density at radius 2 is 2.14 bits per heavy atom. The molecule has 0 aliphatic carbocycles. The zero-order chi connectivity index (χ0) is 15.4. The van der Waals surface area contributed by atoms with Gasteiger partial charge in [0, 0.05) is 24.7 Å². The lowest BCUT2D eigenvalue weighted by molar-refractivity contribution is 0.536. The topological polar surface area (TPSA) is 29.9 Å². The first-order chi connectivity index (χ1) is 10.1. The Hall–Kier alpha value is -1.39. The molecule has 0 bridgehead atoms. The van der Waals surface area contributed by atoms with Gasteiger partial charge >= 0.3 is 0 Å². The molecular formula is C16H21ClFN3. The highest BCUT2D eigenvalue weighted by Gasteiger charge is 2.18. The number of aryl methyl sites for hydroxylation is 2. The molecule has 0 amide bonds. The fraction of sp³-hybridized carbons (Fsp3) is 0.438. The van der Waals surface area contributed by atoms with E-state index in [1.807, 2.05) is 17.8 Å². The largest absolute Gasteiger partial charge is 0.313 e. The number of halogens is 2. The van der Waals surface area contributed by atoms with Gasteiger partial charge in [-0.1, -0.05) is 30.7 Å². The van der Waals surface area contributed by atoms with Crippen molar-refractivity contribution in [3.05, 3.63) is 52.1 Å². The second-order valence-corrected chi connectivity index (χ2v) is 5.36. The van der Waals surface area contributed by atoms with Gasteiger partial charge in [0.2, 0.25) is 0 Å². The summed E-state index contributed by atoms with van der Waals surface area (Å²) >= 11 is 6.10. The fourth-order valence-corrected chi connectivity index (χ4v) is 2.75. The van der Waals surface area contributed by atoms with Crippen LogP contribution in [-0.2, 0) is 19.4 Å². The van der Waals surface area contributed by atoms with Gasteiger partial charge in [0.05, 0.1) is 10.7 Å². The van der Waals surface area contributed by atoms with Gasteiger partial charge in [-0.2, -0.15) is 5.10 Å². The second kappa shape index (κ2) is 7.05. The zero-order valence-electron chi connectivity index (χ0n) is 12.7. The summed E-state index contributed by atoms with van der Waals surface area (Å²) in [5.74, 6) is -0.382. The van der Waals surface area contributed by atoms with Crippen LogP contribution >= 0.6 is 11.6 Å². The van der Waals surface area contributed by atoms with E-state index in [2.05, 4.69) is 30.3 Å². The fourth-order valence-electron chi connectivity index (χ4n) is 2.49. The minimum atomic E-state index is -0.382. The molecule has 0 saturated heterocycles. The van der Waals surface area contributed by atoms with Gasteiger partial charge in [-0.05, 0) is 38.1 Å². The lowest BCUT2D eigenvalue weighted by Crippen LogP contribution is -2.21. The lowest BCUT2D eigenvalue weighted by atomic mass is 10.0. The van der Waals surface area contributed by atoms with Gasteiger partial charge in [0.25, 0.3) is 0 Å². The number of hydrogen-bond acceptors (Lipinski definition) is 2. The van der Waals surface area contributed by atoms with E-state index in [9.17, 15) is 4.39 Å². The Bertz CT molecular complexity index is 610. The monoisotopic (exact) mass is 309 g/mol. The van der Waals surface area contributed by atoms with Crippen LogP contribution in [0.3, 0.4) is 0 Å². The summed E-state index contributed by atoms with van der Waals surface area (Å²) in [6.45, 7) is 4.98. The van der Waals surface area contributed by atoms with Gasteiger partial charge in [0.1, 0.15) is 5.82 Å². The summed E-state index contributed by atoms with van der Waals surface area (Å²) < 4.78 is 15.6. The number of rotatable bonds is 6. The number of likely N-dealkylation sites (N-methyl/N-ethyl adjacent to an activating group) is 1. The molecular weight excluding hydrogens is 289 g/mol. The van der Waals surface area contributed by atoms with Crippen LogP contribution < -0.4 is 5.32 Å². The smallest absolute Gasteiger partial charge is 0.142 e. The van der Waals surface area contributed by atoms with Gasteiger partial charge in [-0.15, -0.1) is 0 Å². The predicted molar refractivity (Wildman–Crippen MR) is 84.2 cm³/mol. The first kappa shape index (κ1) is 16.0. The molecule has 5 heteroatoms. The average molecular weight is 310 g/mol. The van der Waals surface area contributed by atoms with Gasteiger partial charge in [-0.25, -0.2) is 4.39 Å². The van der Waals surface area contributed by atoms with Crippen molar-refractivity contribution < 1.29 is 4.39 Å². The molecule has 1 aromatic heterocycles. The Balaban J connectivity index is 2.31. The maximum Gasteiger partial charge on any atom is 0.142 e. The van der Waals surface area contributed by atoms with Crippen molar-refractivity contribution >= 4 is 11.6 Å². The summed E-state index contributed by atoms with van der Waals surface area (Å²) in [5, 5.41) is 7.96. The number of benzene rings is 1. The molecule has 0 fully saturated rings. The molecule has 3 nitrogen and oxygen atoms in total. The van der Waals surface area contributed by atoms with Crippen LogP contribution in [0.1, 0.15) is 36.8 Å². The molecule has 0 aliphatic rings. The van der Waals surface area contributed by atoms with Crippen molar-refractivity contribution in [2.75, 3.05) is 7.05 Å². The minimum absolute atomic E-state index is 0.0418. The molecule has 0 saturated carbocycles. The molecule has 1 unspecified atom stereocenters. The molecule has 114 valence electrons. The van der Waals surface area contributed by atoms with Crippen molar-refractivity contribution in [3.63, 3.8) is 0 Å². The average Bonchev–Trinajstić information content (AvgIpc) is 2.90. The van der Waals surface area contributed by atoms with Crippen molar-refractivity contribution in [3.8, 4) is 0 Å². The summed E-state index contributed by atoms with van der Waals surface area (Å²) in [5.41, 5.74) is 2.99. The van der Waals surface area contributed by atoms with E-state index in [1.165, 1.54) is 6.07 Å². The maximum absolute atomic E-state index is 13.6. The molecule has 0 aliphatic heterocycles. The first-order valence-corrected chi connectivity index (χ1v) is 7.65. The van der Waals surface area contributed by atoms with Crippen LogP contribution in [0.5, 0.6) is 0 Å². The van der Waals surface area contributed by atoms with E-state index in [4.69, 9.17) is 11.6 Å². The summed E-state index contributed by atoms with van der Waals surface area (Å²) in [6, 6.07) is 7.00. The Labute approximate surface area is 130 Å². The normalized spacial score (nSPS) is 12.6. The van der Waals surface area contributed by atoms with Crippen LogP contribution in [0, 0.1) is 5.82 Å². The van der Waals surface area contributed by atoms with Gasteiger partial charge in [-0.3, -0.25) is 4.68 Å². The van der Waals surface area contributed by atoms with E-state index >= 15 is 0 Å². The van der Waals surface area contributed by atoms with Gasteiger partial charge in [0.15, 0.2) is 0 Å². The van der Waals surface area contributed by atoms with Crippen LogP contribution in [0.2, 0.25) is 5.02 Å². The zero-order valence-corrected chi connectivity index (χ0v) is 13.4. The van der Waals surface area contributed by atoms with Crippen LogP contribution in [0.15, 0.2) is 24.3 Å². The standard InChI is InChI=1S/C16H21ClFN3/c1-4-11-9-12(21(5-2)20-11)10-15(19-3)13-7-6-8-14(18)16(13)17/h6-9,15,19H,4-5,10H2,1-3H3. The third-order valence-corrected chi connectivity index (χ3v) is 4.09. The molecule has 0 spiro atoms. The highest BCUT2D eigenvalue weighted by molar-refractivity contribution is 6.31. The molecule has 2 aromatic rings. The summed E-state index contributed by atoms with van der Waals surface area (Å²) in [6.07, 6.45) is 1.63. The number of hydrogen-bond donors (Lipinski definition) is 1. The Kier molecular flexibility index (Phi) is 5.37. The number of nitrogens with one attached hydrogen (secondary N) is 1. The highest BCUT2D eigenvalue weighted by Crippen LogP contribution is 2.28. The number of nitrogens with zero attached hydrogens (tertiary/aromatic N) is 2. The van der Waals surface area contributed by atoms with Crippen LogP contribution in [0.25, 0.3) is 0 Å². The molecule has 2 rings (SSSR count). The predicted octanol–water partition coefficient (Wildman–Crippen LogP) is 3.76. The van der Waals surface area contributed by atoms with E-state index in [0.717, 1.165) is 36.3 Å². The number of aromatic nitrogens is 2. The Morgan fingerprint density at radius 1 is 1.38 bits per heavy atom. The molecule has 0 radical (unpaired) electrons. The lowest BCUT2D eigenvalue weighted by Gasteiger charge is -2.18. The molecule has 1 N–H and O–H groups in total. The van der Waals surface area contributed by atoms with Crippen molar-refractivity contribution in [1.29, 1.82) is 0 Å². The van der Waals surface area contributed by atoms with Crippen molar-refractivity contribution in [2.45, 2.75) is 39.3 Å².